The maximum absolute atomic E-state index is 13.3. The molecule has 2 fully saturated rings. The molecule has 1 N–H and O–H groups in total. The number of carbonyl (C=O) groups is 1. The number of nitrogens with zero attached hydrogens (tertiary/aromatic N) is 3. The minimum absolute atomic E-state index is 0.0944. The summed E-state index contributed by atoms with van der Waals surface area (Å²) >= 11 is 0. The van der Waals surface area contributed by atoms with Crippen LogP contribution in [0.5, 0.6) is 0 Å². The van der Waals surface area contributed by atoms with Gasteiger partial charge in [0.2, 0.25) is 0 Å². The molecule has 0 bridgehead atoms. The van der Waals surface area contributed by atoms with Crippen molar-refractivity contribution in [3.63, 3.8) is 0 Å². The molecule has 0 aliphatic carbocycles. The number of fused-ring (bicyclic) bond motifs is 1. The van der Waals surface area contributed by atoms with Crippen molar-refractivity contribution in [3.8, 4) is 0 Å². The number of pyridine rings is 1. The molecule has 2 aliphatic heterocycles. The zero-order valence-electron chi connectivity index (χ0n) is 16.5. The van der Waals surface area contributed by atoms with Gasteiger partial charge >= 0.3 is 0 Å². The third-order valence-electron chi connectivity index (χ3n) is 6.17. The first-order chi connectivity index (χ1) is 14.3. The molecule has 3 aromatic rings. The summed E-state index contributed by atoms with van der Waals surface area (Å²) < 4.78 is 5.45. The Hall–Kier alpha value is -2.86. The molecule has 2 aliphatic rings. The number of likely N-dealkylation sites (tertiary alicyclic amines) is 1. The largest absolute Gasteiger partial charge is 0.378 e. The summed E-state index contributed by atoms with van der Waals surface area (Å²) in [6.07, 6.45) is 5.89. The number of ether oxygens (including phenoxy) is 1. The van der Waals surface area contributed by atoms with Crippen molar-refractivity contribution in [1.82, 2.24) is 14.9 Å². The summed E-state index contributed by atoms with van der Waals surface area (Å²) in [6, 6.07) is 12.2. The third-order valence-corrected chi connectivity index (χ3v) is 6.17. The molecule has 2 aromatic heterocycles. The number of H-pyrrole nitrogens is 1. The highest BCUT2D eigenvalue weighted by atomic mass is 16.5. The molecular formula is C23H26N4O2. The fourth-order valence-electron chi connectivity index (χ4n) is 4.59. The van der Waals surface area contributed by atoms with Crippen LogP contribution in [0.3, 0.4) is 0 Å². The quantitative estimate of drug-likeness (QED) is 0.744. The van der Waals surface area contributed by atoms with Crippen LogP contribution >= 0.6 is 0 Å². The molecule has 1 amide bonds. The normalized spacial score (nSPS) is 18.3. The van der Waals surface area contributed by atoms with Crippen molar-refractivity contribution < 1.29 is 9.53 Å². The molecule has 5 rings (SSSR count). The van der Waals surface area contributed by atoms with Crippen LogP contribution in [0.15, 0.2) is 48.8 Å². The molecule has 0 saturated carbocycles. The molecule has 0 radical (unpaired) electrons. The van der Waals surface area contributed by atoms with Gasteiger partial charge in [0, 0.05) is 49.5 Å². The smallest absolute Gasteiger partial charge is 0.257 e. The first-order valence-corrected chi connectivity index (χ1v) is 10.4. The lowest BCUT2D eigenvalue weighted by Gasteiger charge is -2.34. The van der Waals surface area contributed by atoms with Crippen LogP contribution in [0.4, 0.5) is 5.82 Å². The Morgan fingerprint density at radius 3 is 2.66 bits per heavy atom. The number of carbonyl (C=O) groups excluding carboxylic acids is 1. The Kier molecular flexibility index (Phi) is 4.94. The third kappa shape index (κ3) is 3.49. The highest BCUT2D eigenvalue weighted by molar-refractivity contribution is 5.99. The van der Waals surface area contributed by atoms with Crippen LogP contribution in [-0.4, -0.2) is 60.2 Å². The molecule has 150 valence electrons. The van der Waals surface area contributed by atoms with E-state index in [4.69, 9.17) is 4.74 Å². The average Bonchev–Trinajstić information content (AvgIpc) is 3.23. The van der Waals surface area contributed by atoms with E-state index in [0.717, 1.165) is 44.8 Å². The van der Waals surface area contributed by atoms with Gasteiger partial charge < -0.3 is 19.5 Å². The lowest BCUT2D eigenvalue weighted by Crippen LogP contribution is -2.41. The Labute approximate surface area is 170 Å². The molecule has 0 atom stereocenters. The number of rotatable bonds is 3. The molecular weight excluding hydrogens is 364 g/mol. The molecule has 6 nitrogen and oxygen atoms in total. The maximum Gasteiger partial charge on any atom is 0.257 e. The Balaban J connectivity index is 1.31. The van der Waals surface area contributed by atoms with Crippen molar-refractivity contribution in [2.24, 2.45) is 0 Å². The molecule has 0 unspecified atom stereocenters. The van der Waals surface area contributed by atoms with E-state index in [1.165, 1.54) is 16.5 Å². The van der Waals surface area contributed by atoms with Gasteiger partial charge in [0.15, 0.2) is 0 Å². The van der Waals surface area contributed by atoms with E-state index in [-0.39, 0.29) is 5.91 Å². The lowest BCUT2D eigenvalue weighted by molar-refractivity contribution is 0.0712. The molecule has 4 heterocycles. The summed E-state index contributed by atoms with van der Waals surface area (Å²) in [4.78, 5) is 25.4. The summed E-state index contributed by atoms with van der Waals surface area (Å²) in [7, 11) is 0. The number of morpholine rings is 1. The predicted octanol–water partition coefficient (Wildman–Crippen LogP) is 3.42. The highest BCUT2D eigenvalue weighted by Gasteiger charge is 2.28. The van der Waals surface area contributed by atoms with Gasteiger partial charge in [0.05, 0.1) is 18.8 Å². The predicted molar refractivity (Wildman–Crippen MR) is 113 cm³/mol. The second-order valence-corrected chi connectivity index (χ2v) is 7.83. The fourth-order valence-corrected chi connectivity index (χ4v) is 4.59. The molecule has 2 saturated heterocycles. The van der Waals surface area contributed by atoms with Crippen molar-refractivity contribution in [3.05, 3.63) is 59.9 Å². The number of nitrogens with one attached hydrogen (secondary N) is 1. The number of amides is 1. The van der Waals surface area contributed by atoms with E-state index in [9.17, 15) is 4.79 Å². The second kappa shape index (κ2) is 7.87. The zero-order valence-corrected chi connectivity index (χ0v) is 16.5. The van der Waals surface area contributed by atoms with E-state index < -0.39 is 0 Å². The number of benzene rings is 1. The number of hydrogen-bond donors (Lipinski definition) is 1. The number of para-hydroxylation sites is 1. The van der Waals surface area contributed by atoms with E-state index in [0.29, 0.717) is 24.7 Å². The minimum atomic E-state index is 0.0944. The van der Waals surface area contributed by atoms with Crippen LogP contribution in [-0.2, 0) is 4.74 Å². The first-order valence-electron chi connectivity index (χ1n) is 10.4. The molecule has 1 aromatic carbocycles. The summed E-state index contributed by atoms with van der Waals surface area (Å²) in [5.74, 6) is 1.37. The monoisotopic (exact) mass is 390 g/mol. The van der Waals surface area contributed by atoms with Gasteiger partial charge in [-0.05, 0) is 42.5 Å². The number of aromatic nitrogens is 2. The van der Waals surface area contributed by atoms with Gasteiger partial charge in [-0.1, -0.05) is 18.2 Å². The molecule has 0 spiro atoms. The fraction of sp³-hybridized carbons (Fsp3) is 0.391. The van der Waals surface area contributed by atoms with Crippen molar-refractivity contribution in [2.75, 3.05) is 44.3 Å². The van der Waals surface area contributed by atoms with Crippen LogP contribution in [0, 0.1) is 0 Å². The average molecular weight is 390 g/mol. The Morgan fingerprint density at radius 1 is 1.03 bits per heavy atom. The summed E-state index contributed by atoms with van der Waals surface area (Å²) in [5, 5.41) is 1.30. The number of anilines is 1. The Bertz CT molecular complexity index is 1000. The van der Waals surface area contributed by atoms with Gasteiger partial charge in [-0.3, -0.25) is 4.79 Å². The van der Waals surface area contributed by atoms with Crippen LogP contribution < -0.4 is 4.90 Å². The van der Waals surface area contributed by atoms with Crippen molar-refractivity contribution in [2.45, 2.75) is 18.8 Å². The second-order valence-electron chi connectivity index (χ2n) is 7.83. The van der Waals surface area contributed by atoms with E-state index in [1.54, 1.807) is 6.20 Å². The van der Waals surface area contributed by atoms with Gasteiger partial charge in [-0.2, -0.15) is 0 Å². The van der Waals surface area contributed by atoms with E-state index >= 15 is 0 Å². The van der Waals surface area contributed by atoms with Crippen LogP contribution in [0.1, 0.15) is 34.7 Å². The van der Waals surface area contributed by atoms with Crippen molar-refractivity contribution in [1.29, 1.82) is 0 Å². The molecule has 29 heavy (non-hydrogen) atoms. The summed E-state index contributed by atoms with van der Waals surface area (Å²) in [6.45, 7) is 4.47. The van der Waals surface area contributed by atoms with Crippen LogP contribution in [0.25, 0.3) is 10.9 Å². The summed E-state index contributed by atoms with van der Waals surface area (Å²) in [5.41, 5.74) is 3.27. The highest BCUT2D eigenvalue weighted by Crippen LogP contribution is 2.34. The maximum atomic E-state index is 13.3. The molecule has 6 heteroatoms. The number of aromatic amines is 1. The van der Waals surface area contributed by atoms with Gasteiger partial charge in [-0.25, -0.2) is 4.98 Å². The standard InChI is InChI=1S/C23H26N4O2/c28-23(19-5-3-9-24-22(19)26-12-14-29-15-13-26)27-10-7-17(8-11-27)20-16-25-21-6-2-1-4-18(20)21/h1-6,9,16-17,25H,7-8,10-15H2. The van der Waals surface area contributed by atoms with Gasteiger partial charge in [-0.15, -0.1) is 0 Å². The van der Waals surface area contributed by atoms with E-state index in [1.807, 2.05) is 17.0 Å². The Morgan fingerprint density at radius 2 is 1.83 bits per heavy atom. The zero-order chi connectivity index (χ0) is 19.6. The number of piperidine rings is 1. The lowest BCUT2D eigenvalue weighted by atomic mass is 9.89. The van der Waals surface area contributed by atoms with Crippen LogP contribution in [0.2, 0.25) is 0 Å². The van der Waals surface area contributed by atoms with E-state index in [2.05, 4.69) is 45.3 Å². The van der Waals surface area contributed by atoms with Gasteiger partial charge in [0.25, 0.3) is 5.91 Å². The first kappa shape index (κ1) is 18.2. The van der Waals surface area contributed by atoms with Gasteiger partial charge in [0.1, 0.15) is 5.82 Å². The number of hydrogen-bond acceptors (Lipinski definition) is 4. The topological polar surface area (TPSA) is 61.5 Å². The SMILES string of the molecule is O=C(c1cccnc1N1CCOCC1)N1CCC(c2c[nH]c3ccccc23)CC1. The minimum Gasteiger partial charge on any atom is -0.378 e. The van der Waals surface area contributed by atoms with Crippen molar-refractivity contribution >= 4 is 22.6 Å².